The lowest BCUT2D eigenvalue weighted by Crippen LogP contribution is -2.34. The molecule has 0 amide bonds. The van der Waals surface area contributed by atoms with Crippen LogP contribution in [0.4, 0.5) is 0 Å². The molecule has 112 valence electrons. The third-order valence-corrected chi connectivity index (χ3v) is 4.56. The molecule has 0 saturated carbocycles. The third kappa shape index (κ3) is 3.39. The van der Waals surface area contributed by atoms with Gasteiger partial charge >= 0.3 is 0 Å². The molecule has 1 aromatic carbocycles. The van der Waals surface area contributed by atoms with Gasteiger partial charge in [0.15, 0.2) is 5.82 Å². The van der Waals surface area contributed by atoms with Crippen molar-refractivity contribution in [1.82, 2.24) is 15.5 Å². The van der Waals surface area contributed by atoms with Crippen LogP contribution in [0.15, 0.2) is 22.7 Å². The quantitative estimate of drug-likeness (QED) is 0.931. The molecule has 0 spiro atoms. The van der Waals surface area contributed by atoms with Crippen LogP contribution in [-0.2, 0) is 6.42 Å². The molecule has 1 saturated heterocycles. The number of benzene rings is 1. The zero-order valence-electron chi connectivity index (χ0n) is 11.8. The Morgan fingerprint density at radius 1 is 1.33 bits per heavy atom. The predicted molar refractivity (Wildman–Crippen MR) is 83.0 cm³/mol. The summed E-state index contributed by atoms with van der Waals surface area (Å²) in [6.45, 7) is 3.16. The van der Waals surface area contributed by atoms with E-state index < -0.39 is 0 Å². The van der Waals surface area contributed by atoms with Crippen LogP contribution in [0, 0.1) is 0 Å². The smallest absolute Gasteiger partial charge is 0.229 e. The minimum Gasteiger partial charge on any atom is -0.339 e. The number of piperidine rings is 1. The molecule has 0 aliphatic carbocycles. The highest BCUT2D eigenvalue weighted by Crippen LogP contribution is 2.29. The van der Waals surface area contributed by atoms with Crippen molar-refractivity contribution in [3.8, 4) is 0 Å². The summed E-state index contributed by atoms with van der Waals surface area (Å²) in [6, 6.07) is 5.94. The first-order valence-electron chi connectivity index (χ1n) is 7.12. The van der Waals surface area contributed by atoms with Gasteiger partial charge in [-0.15, -0.1) is 0 Å². The Kier molecular flexibility index (Phi) is 4.48. The Labute approximate surface area is 133 Å². The Balaban J connectivity index is 1.76. The standard InChI is InChI=1S/C15H17Cl2N3O/c1-9-7-10(5-6-18-9)15-19-14(20-21-15)8-11-12(16)3-2-4-13(11)17/h2-4,9-10,18H,5-8H2,1H3. The molecule has 4 nitrogen and oxygen atoms in total. The highest BCUT2D eigenvalue weighted by Gasteiger charge is 2.25. The molecule has 2 unspecified atom stereocenters. The fraction of sp³-hybridized carbons (Fsp3) is 0.467. The number of rotatable bonds is 3. The van der Waals surface area contributed by atoms with Crippen LogP contribution in [0.1, 0.15) is 43.0 Å². The monoisotopic (exact) mass is 325 g/mol. The third-order valence-electron chi connectivity index (χ3n) is 3.85. The summed E-state index contributed by atoms with van der Waals surface area (Å²) in [5.41, 5.74) is 0.840. The number of aromatic nitrogens is 2. The first-order valence-corrected chi connectivity index (χ1v) is 7.88. The Hall–Kier alpha value is -1.10. The molecule has 0 radical (unpaired) electrons. The molecule has 1 N–H and O–H groups in total. The summed E-state index contributed by atoms with van der Waals surface area (Å²) in [5, 5.41) is 8.75. The van der Waals surface area contributed by atoms with Crippen LogP contribution in [0.5, 0.6) is 0 Å². The average molecular weight is 326 g/mol. The van der Waals surface area contributed by atoms with Gasteiger partial charge in [-0.1, -0.05) is 34.4 Å². The van der Waals surface area contributed by atoms with Gasteiger partial charge in [0.1, 0.15) is 0 Å². The number of hydrogen-bond donors (Lipinski definition) is 1. The van der Waals surface area contributed by atoms with E-state index in [9.17, 15) is 0 Å². The fourth-order valence-electron chi connectivity index (χ4n) is 2.72. The van der Waals surface area contributed by atoms with Crippen LogP contribution >= 0.6 is 23.2 Å². The second-order valence-electron chi connectivity index (χ2n) is 5.50. The molecule has 2 heterocycles. The van der Waals surface area contributed by atoms with Gasteiger partial charge in [0, 0.05) is 28.4 Å². The van der Waals surface area contributed by atoms with Crippen molar-refractivity contribution >= 4 is 23.2 Å². The van der Waals surface area contributed by atoms with Crippen molar-refractivity contribution < 1.29 is 4.52 Å². The lowest BCUT2D eigenvalue weighted by molar-refractivity contribution is 0.294. The minimum atomic E-state index is 0.337. The van der Waals surface area contributed by atoms with Crippen molar-refractivity contribution in [3.05, 3.63) is 45.5 Å². The van der Waals surface area contributed by atoms with Gasteiger partial charge < -0.3 is 9.84 Å². The second-order valence-corrected chi connectivity index (χ2v) is 6.32. The molecular formula is C15H17Cl2N3O. The van der Waals surface area contributed by atoms with Crippen LogP contribution in [0.25, 0.3) is 0 Å². The van der Waals surface area contributed by atoms with Gasteiger partial charge in [-0.2, -0.15) is 4.98 Å². The summed E-state index contributed by atoms with van der Waals surface area (Å²) in [4.78, 5) is 4.52. The Morgan fingerprint density at radius 2 is 2.10 bits per heavy atom. The van der Waals surface area contributed by atoms with Crippen LogP contribution in [-0.4, -0.2) is 22.7 Å². The maximum atomic E-state index is 6.18. The predicted octanol–water partition coefficient (Wildman–Crippen LogP) is 3.82. The Bertz CT molecular complexity index is 609. The first kappa shape index (κ1) is 14.8. The van der Waals surface area contributed by atoms with Gasteiger partial charge in [0.2, 0.25) is 5.89 Å². The molecule has 3 rings (SSSR count). The van der Waals surface area contributed by atoms with Gasteiger partial charge in [-0.3, -0.25) is 0 Å². The number of hydrogen-bond acceptors (Lipinski definition) is 4. The van der Waals surface area contributed by atoms with E-state index in [0.717, 1.165) is 30.8 Å². The van der Waals surface area contributed by atoms with E-state index >= 15 is 0 Å². The highest BCUT2D eigenvalue weighted by molar-refractivity contribution is 6.36. The summed E-state index contributed by atoms with van der Waals surface area (Å²) in [6.07, 6.45) is 2.54. The maximum absolute atomic E-state index is 6.18. The molecule has 21 heavy (non-hydrogen) atoms. The van der Waals surface area contributed by atoms with Crippen molar-refractivity contribution in [2.75, 3.05) is 6.54 Å². The fourth-order valence-corrected chi connectivity index (χ4v) is 3.25. The van der Waals surface area contributed by atoms with E-state index in [1.54, 1.807) is 0 Å². The maximum Gasteiger partial charge on any atom is 0.229 e. The van der Waals surface area contributed by atoms with Crippen molar-refractivity contribution in [3.63, 3.8) is 0 Å². The number of nitrogens with one attached hydrogen (secondary N) is 1. The van der Waals surface area contributed by atoms with Crippen LogP contribution in [0.3, 0.4) is 0 Å². The lowest BCUT2D eigenvalue weighted by Gasteiger charge is -2.25. The van der Waals surface area contributed by atoms with Crippen LogP contribution in [0.2, 0.25) is 10.0 Å². The average Bonchev–Trinajstić information content (AvgIpc) is 2.92. The first-order chi connectivity index (χ1) is 10.1. The SMILES string of the molecule is CC1CC(c2nc(Cc3c(Cl)cccc3Cl)no2)CCN1. The largest absolute Gasteiger partial charge is 0.339 e. The molecule has 6 heteroatoms. The van der Waals surface area contributed by atoms with Gasteiger partial charge in [0.25, 0.3) is 0 Å². The van der Waals surface area contributed by atoms with Crippen LogP contribution < -0.4 is 5.32 Å². The van der Waals surface area contributed by atoms with Crippen molar-refractivity contribution in [1.29, 1.82) is 0 Å². The molecule has 1 aliphatic heterocycles. The van der Waals surface area contributed by atoms with Gasteiger partial charge in [-0.25, -0.2) is 0 Å². The Morgan fingerprint density at radius 3 is 2.81 bits per heavy atom. The van der Waals surface area contributed by atoms with Gasteiger partial charge in [0.05, 0.1) is 0 Å². The van der Waals surface area contributed by atoms with E-state index in [-0.39, 0.29) is 0 Å². The van der Waals surface area contributed by atoms with E-state index in [2.05, 4.69) is 22.4 Å². The molecule has 1 aromatic heterocycles. The molecule has 2 aromatic rings. The molecule has 2 atom stereocenters. The molecule has 1 aliphatic rings. The summed E-state index contributed by atoms with van der Waals surface area (Å²) >= 11 is 12.4. The number of halogens is 2. The number of nitrogens with zero attached hydrogens (tertiary/aromatic N) is 2. The molecule has 1 fully saturated rings. The van der Waals surface area contributed by atoms with E-state index in [0.29, 0.717) is 34.3 Å². The summed E-state index contributed by atoms with van der Waals surface area (Å²) in [7, 11) is 0. The normalized spacial score (nSPS) is 22.4. The minimum absolute atomic E-state index is 0.337. The van der Waals surface area contributed by atoms with Crippen molar-refractivity contribution in [2.24, 2.45) is 0 Å². The van der Waals surface area contributed by atoms with Gasteiger partial charge in [-0.05, 0) is 44.0 Å². The topological polar surface area (TPSA) is 51.0 Å². The zero-order chi connectivity index (χ0) is 14.8. The van der Waals surface area contributed by atoms with Crippen molar-refractivity contribution in [2.45, 2.75) is 38.1 Å². The lowest BCUT2D eigenvalue weighted by atomic mass is 9.93. The van der Waals surface area contributed by atoms with E-state index in [4.69, 9.17) is 27.7 Å². The molecule has 0 bridgehead atoms. The highest BCUT2D eigenvalue weighted by atomic mass is 35.5. The van der Waals surface area contributed by atoms with E-state index in [1.165, 1.54) is 0 Å². The summed E-state index contributed by atoms with van der Waals surface area (Å²) < 4.78 is 5.43. The second kappa shape index (κ2) is 6.34. The molecular weight excluding hydrogens is 309 g/mol. The zero-order valence-corrected chi connectivity index (χ0v) is 13.3. The van der Waals surface area contributed by atoms with E-state index in [1.807, 2.05) is 18.2 Å². The summed E-state index contributed by atoms with van der Waals surface area (Å²) in [5.74, 6) is 1.69.